The molecule has 0 atom stereocenters. The van der Waals surface area contributed by atoms with Gasteiger partial charge in [-0.05, 0) is 0 Å². The van der Waals surface area contributed by atoms with Crippen molar-refractivity contribution in [1.82, 2.24) is 5.06 Å². The Kier molecular flexibility index (Phi) is 7.01. The average Bonchev–Trinajstić information content (AvgIpc) is 1.97. The summed E-state index contributed by atoms with van der Waals surface area (Å²) < 4.78 is 19.5. The monoisotopic (exact) mass is 177 g/mol. The first-order valence-corrected chi connectivity index (χ1v) is 3.98. The van der Waals surface area contributed by atoms with E-state index >= 15 is 0 Å². The topological polar surface area (TPSA) is 57.6 Å². The van der Waals surface area contributed by atoms with E-state index in [4.69, 9.17) is 5.21 Å². The first-order chi connectivity index (χ1) is 4.81. The number of hydrogen-bond donors (Lipinski definition) is 1. The van der Waals surface area contributed by atoms with Gasteiger partial charge in [-0.3, -0.25) is 0 Å². The van der Waals surface area contributed by atoms with Gasteiger partial charge < -0.3 is 0 Å². The van der Waals surface area contributed by atoms with Crippen LogP contribution in [0.5, 0.6) is 0 Å². The summed E-state index contributed by atoms with van der Waals surface area (Å²) in [7, 11) is -0.501. The molecule has 0 saturated carbocycles. The van der Waals surface area contributed by atoms with Gasteiger partial charge in [0.15, 0.2) is 0 Å². The van der Waals surface area contributed by atoms with Crippen LogP contribution in [0.4, 0.5) is 0 Å². The number of rotatable bonds is 2. The predicted octanol–water partition coefficient (Wildman–Crippen LogP) is 1.18. The van der Waals surface area contributed by atoms with Crippen LogP contribution in [-0.2, 0) is 9.13 Å². The Morgan fingerprint density at radius 3 is 1.90 bits per heavy atom. The van der Waals surface area contributed by atoms with Crippen molar-refractivity contribution in [2.75, 3.05) is 13.1 Å². The molecule has 54 valence electrons. The van der Waals surface area contributed by atoms with E-state index in [1.54, 1.807) is 0 Å². The van der Waals surface area contributed by atoms with Crippen molar-refractivity contribution in [3.05, 3.63) is 0 Å². The second kappa shape index (κ2) is 7.05. The Balaban J connectivity index is 3.66. The molecule has 0 bridgehead atoms. The Bertz CT molecular complexity index is 246. The van der Waals surface area contributed by atoms with Crippen LogP contribution in [0.2, 0.25) is 0 Å². The van der Waals surface area contributed by atoms with Crippen molar-refractivity contribution in [3.63, 3.8) is 0 Å². The fourth-order valence-corrected chi connectivity index (χ4v) is 0.719. The van der Waals surface area contributed by atoms with Crippen LogP contribution in [0, 0.1) is 11.3 Å². The minimum atomic E-state index is -0.250. The van der Waals surface area contributed by atoms with Crippen LogP contribution in [0.15, 0.2) is 0 Å². The fourth-order valence-electron chi connectivity index (χ4n) is 0.277. The molecule has 0 aromatic rings. The van der Waals surface area contributed by atoms with Crippen molar-refractivity contribution in [2.24, 2.45) is 0 Å². The van der Waals surface area contributed by atoms with E-state index in [-0.39, 0.29) is 28.9 Å². The third kappa shape index (κ3) is 6.07. The van der Waals surface area contributed by atoms with Gasteiger partial charge in [-0.15, -0.1) is 0 Å². The van der Waals surface area contributed by atoms with E-state index in [0.29, 0.717) is 0 Å². The molecule has 0 radical (unpaired) electrons. The zero-order valence-corrected chi connectivity index (χ0v) is 6.81. The van der Waals surface area contributed by atoms with Gasteiger partial charge >= 0.3 is 59.6 Å². The molecule has 0 unspecified atom stereocenters. The van der Waals surface area contributed by atoms with Gasteiger partial charge in [0.2, 0.25) is 0 Å². The molecule has 0 amide bonds. The summed E-state index contributed by atoms with van der Waals surface area (Å²) in [6.45, 7) is 0.0984. The van der Waals surface area contributed by atoms with Crippen molar-refractivity contribution in [1.29, 1.82) is 0 Å². The van der Waals surface area contributed by atoms with Crippen molar-refractivity contribution < 1.29 is 14.3 Å². The van der Waals surface area contributed by atoms with Gasteiger partial charge in [-0.1, -0.05) is 0 Å². The number of nitrogens with zero attached hydrogens (tertiary/aromatic N) is 1. The standard InChI is InChI=1S/C4H5NO3P2/c6-5(1-3-9-7)2-4-10-8/h6H,1-2H2. The van der Waals surface area contributed by atoms with Crippen molar-refractivity contribution in [3.8, 4) is 11.3 Å². The van der Waals surface area contributed by atoms with Gasteiger partial charge in [0.25, 0.3) is 0 Å². The summed E-state index contributed by atoms with van der Waals surface area (Å²) in [5.41, 5.74) is 4.61. The summed E-state index contributed by atoms with van der Waals surface area (Å²) >= 11 is 0. The summed E-state index contributed by atoms with van der Waals surface area (Å²) in [5.74, 6) is 0. The Morgan fingerprint density at radius 2 is 1.60 bits per heavy atom. The normalized spacial score (nSPS) is 8.20. The SMILES string of the molecule is O=P#CCN(O)CC#P=O. The molecular formula is C4H5NO3P2. The van der Waals surface area contributed by atoms with Crippen molar-refractivity contribution >= 4 is 15.8 Å². The van der Waals surface area contributed by atoms with Crippen molar-refractivity contribution in [2.45, 2.75) is 0 Å². The zero-order chi connectivity index (χ0) is 7.82. The van der Waals surface area contributed by atoms with E-state index in [1.165, 1.54) is 0 Å². The molecule has 4 nitrogen and oxygen atoms in total. The molecule has 0 aliphatic heterocycles. The minimum absolute atomic E-state index is 0.0492. The van der Waals surface area contributed by atoms with Gasteiger partial charge in [-0.25, -0.2) is 0 Å². The summed E-state index contributed by atoms with van der Waals surface area (Å²) in [6, 6.07) is 0. The number of hydrogen-bond acceptors (Lipinski definition) is 4. The van der Waals surface area contributed by atoms with E-state index in [0.717, 1.165) is 5.06 Å². The molecule has 0 spiro atoms. The maximum atomic E-state index is 9.75. The van der Waals surface area contributed by atoms with E-state index in [1.807, 2.05) is 0 Å². The predicted molar refractivity (Wildman–Crippen MR) is 36.3 cm³/mol. The third-order valence-corrected chi connectivity index (χ3v) is 1.18. The third-order valence-electron chi connectivity index (χ3n) is 0.636. The summed E-state index contributed by atoms with van der Waals surface area (Å²) in [4.78, 5) is 0. The van der Waals surface area contributed by atoms with Crippen LogP contribution in [0.1, 0.15) is 0 Å². The molecule has 0 aliphatic rings. The van der Waals surface area contributed by atoms with Gasteiger partial charge in [0, 0.05) is 0 Å². The molecular weight excluding hydrogens is 172 g/mol. The second-order valence-corrected chi connectivity index (χ2v) is 2.32. The van der Waals surface area contributed by atoms with Gasteiger partial charge in [-0.2, -0.15) is 0 Å². The maximum absolute atomic E-state index is 9.75. The van der Waals surface area contributed by atoms with Gasteiger partial charge in [0.05, 0.1) is 0 Å². The van der Waals surface area contributed by atoms with E-state index in [2.05, 4.69) is 11.3 Å². The quantitative estimate of drug-likeness (QED) is 0.508. The van der Waals surface area contributed by atoms with Crippen LogP contribution in [-0.4, -0.2) is 23.4 Å². The Hall–Kier alpha value is -0.0600. The summed E-state index contributed by atoms with van der Waals surface area (Å²) in [5, 5.41) is 9.52. The molecule has 0 aliphatic carbocycles. The van der Waals surface area contributed by atoms with E-state index in [9.17, 15) is 9.13 Å². The zero-order valence-electron chi connectivity index (χ0n) is 5.02. The molecule has 0 aromatic carbocycles. The first-order valence-electron chi connectivity index (χ1n) is 2.35. The molecule has 0 heterocycles. The van der Waals surface area contributed by atoms with Gasteiger partial charge in [0.1, 0.15) is 0 Å². The van der Waals surface area contributed by atoms with Crippen LogP contribution in [0.3, 0.4) is 0 Å². The molecule has 0 rings (SSSR count). The van der Waals surface area contributed by atoms with E-state index < -0.39 is 0 Å². The molecule has 1 N–H and O–H groups in total. The van der Waals surface area contributed by atoms with Crippen LogP contribution in [0.25, 0.3) is 0 Å². The Morgan fingerprint density at radius 1 is 1.20 bits per heavy atom. The Labute approximate surface area is 60.4 Å². The first kappa shape index (κ1) is 9.94. The average molecular weight is 177 g/mol. The second-order valence-electron chi connectivity index (χ2n) is 1.32. The molecule has 10 heavy (non-hydrogen) atoms. The van der Waals surface area contributed by atoms with Crippen LogP contribution >= 0.6 is 15.8 Å². The number of hydroxylamine groups is 2. The van der Waals surface area contributed by atoms with Crippen LogP contribution < -0.4 is 0 Å². The molecule has 0 fully saturated rings. The molecule has 0 saturated heterocycles. The molecule has 0 aromatic heterocycles. The summed E-state index contributed by atoms with van der Waals surface area (Å²) in [6.07, 6.45) is 0. The fraction of sp³-hybridized carbons (Fsp3) is 0.500. The molecule has 6 heteroatoms.